The lowest BCUT2D eigenvalue weighted by molar-refractivity contribution is 0.101. The summed E-state index contributed by atoms with van der Waals surface area (Å²) in [5.74, 6) is 0.0693. The van der Waals surface area contributed by atoms with E-state index in [0.29, 0.717) is 13.1 Å². The van der Waals surface area contributed by atoms with Crippen LogP contribution < -0.4 is 10.2 Å². The van der Waals surface area contributed by atoms with Gasteiger partial charge in [-0.1, -0.05) is 37.3 Å². The molecular formula is C22H27N3O2. The van der Waals surface area contributed by atoms with Crippen molar-refractivity contribution in [1.82, 2.24) is 4.90 Å². The van der Waals surface area contributed by atoms with Crippen molar-refractivity contribution in [2.45, 2.75) is 27.2 Å². The molecule has 1 aliphatic rings. The average Bonchev–Trinajstić information content (AvgIpc) is 2.69. The van der Waals surface area contributed by atoms with Crippen LogP contribution in [0.3, 0.4) is 0 Å². The highest BCUT2D eigenvalue weighted by Crippen LogP contribution is 2.23. The first kappa shape index (κ1) is 19.0. The monoisotopic (exact) mass is 365 g/mol. The number of carbonyl (C=O) groups excluding carboxylic acids is 2. The molecule has 27 heavy (non-hydrogen) atoms. The van der Waals surface area contributed by atoms with E-state index in [1.54, 1.807) is 6.92 Å². The van der Waals surface area contributed by atoms with Crippen molar-refractivity contribution >= 4 is 23.2 Å². The van der Waals surface area contributed by atoms with Crippen LogP contribution in [0.2, 0.25) is 0 Å². The van der Waals surface area contributed by atoms with Gasteiger partial charge in [0.2, 0.25) is 0 Å². The number of benzene rings is 2. The van der Waals surface area contributed by atoms with Crippen LogP contribution in [0.25, 0.3) is 0 Å². The molecule has 2 aromatic carbocycles. The molecular weight excluding hydrogens is 338 g/mol. The minimum atomic E-state index is -0.0452. The normalized spacial score (nSPS) is 14.2. The van der Waals surface area contributed by atoms with E-state index in [2.05, 4.69) is 23.2 Å². The van der Waals surface area contributed by atoms with Crippen LogP contribution in [0.4, 0.5) is 16.2 Å². The second-order valence-corrected chi connectivity index (χ2v) is 6.97. The lowest BCUT2D eigenvalue weighted by Crippen LogP contribution is -2.50. The fourth-order valence-electron chi connectivity index (χ4n) is 3.48. The Morgan fingerprint density at radius 3 is 2.41 bits per heavy atom. The van der Waals surface area contributed by atoms with Crippen LogP contribution in [-0.2, 0) is 6.42 Å². The molecule has 1 N–H and O–H groups in total. The Hall–Kier alpha value is -2.82. The van der Waals surface area contributed by atoms with Crippen molar-refractivity contribution in [2.75, 3.05) is 36.4 Å². The van der Waals surface area contributed by atoms with Crippen molar-refractivity contribution in [3.63, 3.8) is 0 Å². The van der Waals surface area contributed by atoms with E-state index in [-0.39, 0.29) is 11.8 Å². The Bertz CT molecular complexity index is 839. The summed E-state index contributed by atoms with van der Waals surface area (Å²) >= 11 is 0. The number of piperazine rings is 1. The van der Waals surface area contributed by atoms with E-state index in [1.807, 2.05) is 48.2 Å². The fourth-order valence-corrected chi connectivity index (χ4v) is 3.48. The Balaban J connectivity index is 1.63. The number of hydrogen-bond acceptors (Lipinski definition) is 3. The van der Waals surface area contributed by atoms with Gasteiger partial charge in [0, 0.05) is 43.1 Å². The molecule has 5 nitrogen and oxygen atoms in total. The molecule has 1 aliphatic heterocycles. The molecule has 0 aliphatic carbocycles. The zero-order valence-electron chi connectivity index (χ0n) is 16.3. The van der Waals surface area contributed by atoms with Crippen LogP contribution in [0.1, 0.15) is 35.3 Å². The van der Waals surface area contributed by atoms with Gasteiger partial charge in [-0.2, -0.15) is 0 Å². The molecule has 1 saturated heterocycles. The smallest absolute Gasteiger partial charge is 0.321 e. The van der Waals surface area contributed by atoms with Crippen molar-refractivity contribution < 1.29 is 9.59 Å². The summed E-state index contributed by atoms with van der Waals surface area (Å²) < 4.78 is 0. The summed E-state index contributed by atoms with van der Waals surface area (Å²) in [4.78, 5) is 28.4. The summed E-state index contributed by atoms with van der Waals surface area (Å²) in [6, 6.07) is 13.8. The number of Topliss-reactive ketones (excluding diaryl/α,β-unsaturated/α-hetero) is 1. The molecule has 5 heteroatoms. The predicted molar refractivity (Wildman–Crippen MR) is 110 cm³/mol. The third kappa shape index (κ3) is 4.30. The highest BCUT2D eigenvalue weighted by Gasteiger charge is 2.22. The van der Waals surface area contributed by atoms with Gasteiger partial charge >= 0.3 is 6.03 Å². The Morgan fingerprint density at radius 2 is 1.74 bits per heavy atom. The maximum atomic E-state index is 12.7. The molecule has 0 radical (unpaired) electrons. The van der Waals surface area contributed by atoms with Crippen molar-refractivity contribution in [3.8, 4) is 0 Å². The number of carbonyl (C=O) groups is 2. The molecule has 0 saturated carbocycles. The Labute approximate surface area is 161 Å². The van der Waals surface area contributed by atoms with E-state index >= 15 is 0 Å². The van der Waals surface area contributed by atoms with Gasteiger partial charge in [-0.15, -0.1) is 0 Å². The summed E-state index contributed by atoms with van der Waals surface area (Å²) in [5.41, 5.74) is 4.93. The maximum Gasteiger partial charge on any atom is 0.321 e. The molecule has 0 atom stereocenters. The summed E-state index contributed by atoms with van der Waals surface area (Å²) in [6.07, 6.45) is 0.886. The molecule has 0 spiro atoms. The second-order valence-electron chi connectivity index (χ2n) is 6.97. The predicted octanol–water partition coefficient (Wildman–Crippen LogP) is 4.11. The largest absolute Gasteiger partial charge is 0.368 e. The zero-order chi connectivity index (χ0) is 19.4. The number of hydrogen-bond donors (Lipinski definition) is 1. The van der Waals surface area contributed by atoms with Gasteiger partial charge in [0.15, 0.2) is 5.78 Å². The van der Waals surface area contributed by atoms with E-state index < -0.39 is 0 Å². The summed E-state index contributed by atoms with van der Waals surface area (Å²) in [7, 11) is 0. The first-order valence-electron chi connectivity index (χ1n) is 9.50. The zero-order valence-corrected chi connectivity index (χ0v) is 16.3. The third-order valence-electron chi connectivity index (χ3n) is 5.16. The third-order valence-corrected chi connectivity index (χ3v) is 5.16. The number of urea groups is 1. The van der Waals surface area contributed by atoms with Gasteiger partial charge in [0.25, 0.3) is 0 Å². The molecule has 1 heterocycles. The van der Waals surface area contributed by atoms with Crippen LogP contribution in [0.15, 0.2) is 42.5 Å². The first-order chi connectivity index (χ1) is 13.0. The quantitative estimate of drug-likeness (QED) is 0.830. The summed E-state index contributed by atoms with van der Waals surface area (Å²) in [5, 5.41) is 3.10. The highest BCUT2D eigenvalue weighted by atomic mass is 16.2. The van der Waals surface area contributed by atoms with Crippen LogP contribution >= 0.6 is 0 Å². The van der Waals surface area contributed by atoms with Crippen LogP contribution in [-0.4, -0.2) is 42.9 Å². The van der Waals surface area contributed by atoms with Gasteiger partial charge in [-0.3, -0.25) is 4.79 Å². The molecule has 2 aromatic rings. The topological polar surface area (TPSA) is 52.7 Å². The second kappa shape index (κ2) is 8.25. The molecule has 0 aromatic heterocycles. The minimum Gasteiger partial charge on any atom is -0.368 e. The Morgan fingerprint density at radius 1 is 1.04 bits per heavy atom. The van der Waals surface area contributed by atoms with Gasteiger partial charge in [0.1, 0.15) is 0 Å². The molecule has 1 fully saturated rings. The number of anilines is 2. The van der Waals surface area contributed by atoms with Gasteiger partial charge < -0.3 is 15.1 Å². The molecule has 0 bridgehead atoms. The first-order valence-corrected chi connectivity index (χ1v) is 9.50. The van der Waals surface area contributed by atoms with E-state index in [4.69, 9.17) is 0 Å². The fraction of sp³-hybridized carbons (Fsp3) is 0.364. The number of aryl methyl sites for hydroxylation is 2. The number of ketones is 1. The average molecular weight is 365 g/mol. The van der Waals surface area contributed by atoms with Gasteiger partial charge in [-0.25, -0.2) is 4.79 Å². The number of nitrogens with one attached hydrogen (secondary N) is 1. The van der Waals surface area contributed by atoms with E-state index in [1.165, 1.54) is 0 Å². The van der Waals surface area contributed by atoms with Gasteiger partial charge in [-0.05, 0) is 43.5 Å². The maximum absolute atomic E-state index is 12.7. The highest BCUT2D eigenvalue weighted by molar-refractivity contribution is 5.95. The van der Waals surface area contributed by atoms with Crippen LogP contribution in [0.5, 0.6) is 0 Å². The van der Waals surface area contributed by atoms with Crippen molar-refractivity contribution in [2.24, 2.45) is 0 Å². The standard InChI is InChI=1S/C22H27N3O2/c1-4-18-8-5-7-16(2)21(18)23-22(27)25-13-11-24(12-14-25)20-10-6-9-19(15-20)17(3)26/h5-10,15H,4,11-14H2,1-3H3,(H,23,27). The SMILES string of the molecule is CCc1cccc(C)c1NC(=O)N1CCN(c2cccc(C(C)=O)c2)CC1. The Kier molecular flexibility index (Phi) is 5.79. The van der Waals surface area contributed by atoms with Crippen molar-refractivity contribution in [1.29, 1.82) is 0 Å². The van der Waals surface area contributed by atoms with Crippen molar-refractivity contribution in [3.05, 3.63) is 59.2 Å². The van der Waals surface area contributed by atoms with E-state index in [0.717, 1.165) is 47.6 Å². The molecule has 2 amide bonds. The number of amides is 2. The van der Waals surface area contributed by atoms with Crippen LogP contribution in [0, 0.1) is 6.92 Å². The van der Waals surface area contributed by atoms with E-state index in [9.17, 15) is 9.59 Å². The minimum absolute atomic E-state index is 0.0452. The lowest BCUT2D eigenvalue weighted by Gasteiger charge is -2.36. The number of nitrogens with zero attached hydrogens (tertiary/aromatic N) is 2. The number of para-hydroxylation sites is 1. The van der Waals surface area contributed by atoms with Gasteiger partial charge in [0.05, 0.1) is 0 Å². The molecule has 3 rings (SSSR count). The summed E-state index contributed by atoms with van der Waals surface area (Å²) in [6.45, 7) is 8.52. The number of rotatable bonds is 4. The molecule has 0 unspecified atom stereocenters. The molecule has 142 valence electrons. The lowest BCUT2D eigenvalue weighted by atomic mass is 10.1.